The highest BCUT2D eigenvalue weighted by Gasteiger charge is 2.10. The van der Waals surface area contributed by atoms with E-state index in [4.69, 9.17) is 11.6 Å². The van der Waals surface area contributed by atoms with Gasteiger partial charge in [-0.25, -0.2) is 4.98 Å². The van der Waals surface area contributed by atoms with E-state index in [-0.39, 0.29) is 0 Å². The Morgan fingerprint density at radius 3 is 2.88 bits per heavy atom. The van der Waals surface area contributed by atoms with Crippen LogP contribution in [0.15, 0.2) is 36.7 Å². The van der Waals surface area contributed by atoms with Gasteiger partial charge in [0.25, 0.3) is 0 Å². The highest BCUT2D eigenvalue weighted by Crippen LogP contribution is 2.35. The number of imidazole rings is 1. The molecule has 0 saturated carbocycles. The molecule has 0 bridgehead atoms. The van der Waals surface area contributed by atoms with Crippen LogP contribution in [0.5, 0.6) is 0 Å². The molecule has 0 spiro atoms. The minimum absolute atomic E-state index is 0.796. The zero-order chi connectivity index (χ0) is 11.8. The lowest BCUT2D eigenvalue weighted by atomic mass is 10.2. The van der Waals surface area contributed by atoms with Gasteiger partial charge in [0.05, 0.1) is 11.6 Å². The maximum absolute atomic E-state index is 6.40. The molecular weight excluding hydrogens is 252 g/mol. The molecule has 0 saturated heterocycles. The van der Waals surface area contributed by atoms with Crippen molar-refractivity contribution < 1.29 is 0 Å². The normalized spacial score (nSPS) is 11.2. The average Bonchev–Trinajstić information content (AvgIpc) is 2.87. The van der Waals surface area contributed by atoms with Crippen molar-refractivity contribution >= 4 is 33.0 Å². The average molecular weight is 263 g/mol. The number of rotatable bonds is 2. The number of aryl methyl sites for hydroxylation is 1. The largest absolute Gasteiger partial charge is 0.330 e. The van der Waals surface area contributed by atoms with Gasteiger partial charge in [-0.1, -0.05) is 29.8 Å². The first-order chi connectivity index (χ1) is 8.25. The molecule has 0 N–H and O–H groups in total. The van der Waals surface area contributed by atoms with Gasteiger partial charge in [-0.15, -0.1) is 11.3 Å². The first-order valence-corrected chi connectivity index (χ1v) is 6.59. The van der Waals surface area contributed by atoms with Crippen LogP contribution < -0.4 is 0 Å². The van der Waals surface area contributed by atoms with Crippen LogP contribution in [0.2, 0.25) is 5.02 Å². The summed E-state index contributed by atoms with van der Waals surface area (Å²) in [5, 5.41) is 2.02. The smallest absolute Gasteiger partial charge is 0.105 e. The first kappa shape index (κ1) is 10.8. The van der Waals surface area contributed by atoms with Gasteiger partial charge in [-0.3, -0.25) is 0 Å². The summed E-state index contributed by atoms with van der Waals surface area (Å²) < 4.78 is 3.35. The Morgan fingerprint density at radius 1 is 1.35 bits per heavy atom. The van der Waals surface area contributed by atoms with Gasteiger partial charge >= 0.3 is 0 Å². The van der Waals surface area contributed by atoms with E-state index >= 15 is 0 Å². The van der Waals surface area contributed by atoms with Crippen molar-refractivity contribution in [3.8, 4) is 0 Å². The number of halogens is 1. The Labute approximate surface area is 108 Å². The van der Waals surface area contributed by atoms with Crippen LogP contribution in [0.1, 0.15) is 10.7 Å². The second-order valence-electron chi connectivity index (χ2n) is 3.94. The van der Waals surface area contributed by atoms with Crippen LogP contribution in [0.4, 0.5) is 0 Å². The van der Waals surface area contributed by atoms with Gasteiger partial charge in [-0.05, 0) is 13.0 Å². The van der Waals surface area contributed by atoms with Crippen LogP contribution >= 0.6 is 22.9 Å². The third kappa shape index (κ3) is 1.85. The standard InChI is InChI=1S/C13H11ClN2S/c1-9-15-6-7-16(9)8-12-13(14)10-4-2-3-5-11(10)17-12/h2-7H,8H2,1H3. The molecule has 0 aliphatic rings. The Morgan fingerprint density at radius 2 is 2.18 bits per heavy atom. The first-order valence-electron chi connectivity index (χ1n) is 5.39. The summed E-state index contributed by atoms with van der Waals surface area (Å²) in [7, 11) is 0. The van der Waals surface area contributed by atoms with Crippen molar-refractivity contribution in [3.05, 3.63) is 52.4 Å². The number of nitrogens with zero attached hydrogens (tertiary/aromatic N) is 2. The topological polar surface area (TPSA) is 17.8 Å². The summed E-state index contributed by atoms with van der Waals surface area (Å²) in [6.07, 6.45) is 3.80. The van der Waals surface area contributed by atoms with Crippen LogP contribution in [0.25, 0.3) is 10.1 Å². The maximum Gasteiger partial charge on any atom is 0.105 e. The second-order valence-corrected chi connectivity index (χ2v) is 5.45. The van der Waals surface area contributed by atoms with Crippen molar-refractivity contribution in [1.29, 1.82) is 0 Å². The summed E-state index contributed by atoms with van der Waals surface area (Å²) in [4.78, 5) is 5.41. The molecule has 0 aliphatic heterocycles. The number of hydrogen-bond acceptors (Lipinski definition) is 2. The van der Waals surface area contributed by atoms with Crippen LogP contribution in [-0.4, -0.2) is 9.55 Å². The molecule has 3 aromatic rings. The van der Waals surface area contributed by atoms with Gasteiger partial charge in [0.2, 0.25) is 0 Å². The fraction of sp³-hybridized carbons (Fsp3) is 0.154. The number of benzene rings is 1. The van der Waals surface area contributed by atoms with Crippen LogP contribution in [-0.2, 0) is 6.54 Å². The predicted molar refractivity (Wildman–Crippen MR) is 72.9 cm³/mol. The lowest BCUT2D eigenvalue weighted by molar-refractivity contribution is 0.772. The zero-order valence-corrected chi connectivity index (χ0v) is 10.9. The third-order valence-electron chi connectivity index (χ3n) is 2.84. The van der Waals surface area contributed by atoms with Crippen molar-refractivity contribution in [2.45, 2.75) is 13.5 Å². The van der Waals surface area contributed by atoms with E-state index in [1.165, 1.54) is 9.58 Å². The Kier molecular flexibility index (Phi) is 2.65. The molecule has 3 rings (SSSR count). The minimum atomic E-state index is 0.796. The number of thiophene rings is 1. The molecule has 2 nitrogen and oxygen atoms in total. The van der Waals surface area contributed by atoms with E-state index < -0.39 is 0 Å². The van der Waals surface area contributed by atoms with Gasteiger partial charge in [0, 0.05) is 27.4 Å². The Hall–Kier alpha value is -1.32. The molecule has 0 aliphatic carbocycles. The molecule has 17 heavy (non-hydrogen) atoms. The van der Waals surface area contributed by atoms with Gasteiger partial charge in [0.1, 0.15) is 5.82 Å². The van der Waals surface area contributed by atoms with Crippen molar-refractivity contribution in [2.75, 3.05) is 0 Å². The summed E-state index contributed by atoms with van der Waals surface area (Å²) in [6, 6.07) is 8.24. The number of fused-ring (bicyclic) bond motifs is 1. The lowest BCUT2D eigenvalue weighted by Gasteiger charge is -2.02. The fourth-order valence-electron chi connectivity index (χ4n) is 1.89. The molecule has 0 fully saturated rings. The molecule has 4 heteroatoms. The van der Waals surface area contributed by atoms with Crippen LogP contribution in [0, 0.1) is 6.92 Å². The van der Waals surface area contributed by atoms with Crippen molar-refractivity contribution in [3.63, 3.8) is 0 Å². The molecular formula is C13H11ClN2S. The van der Waals surface area contributed by atoms with Gasteiger partial charge in [0.15, 0.2) is 0 Å². The predicted octanol–water partition coefficient (Wildman–Crippen LogP) is 4.11. The lowest BCUT2D eigenvalue weighted by Crippen LogP contribution is -1.99. The van der Waals surface area contributed by atoms with Gasteiger partial charge in [-0.2, -0.15) is 0 Å². The Bertz CT molecular complexity index is 669. The van der Waals surface area contributed by atoms with Crippen molar-refractivity contribution in [2.24, 2.45) is 0 Å². The number of aromatic nitrogens is 2. The van der Waals surface area contributed by atoms with Gasteiger partial charge < -0.3 is 4.57 Å². The molecule has 0 unspecified atom stereocenters. The zero-order valence-electron chi connectivity index (χ0n) is 9.35. The molecule has 1 aromatic carbocycles. The summed E-state index contributed by atoms with van der Waals surface area (Å²) in [5.41, 5.74) is 0. The molecule has 2 heterocycles. The summed E-state index contributed by atoms with van der Waals surface area (Å²) >= 11 is 8.15. The Balaban J connectivity index is 2.06. The van der Waals surface area contributed by atoms with E-state index in [1.807, 2.05) is 31.5 Å². The maximum atomic E-state index is 6.40. The van der Waals surface area contributed by atoms with E-state index in [0.29, 0.717) is 0 Å². The van der Waals surface area contributed by atoms with Crippen molar-refractivity contribution in [1.82, 2.24) is 9.55 Å². The quantitative estimate of drug-likeness (QED) is 0.680. The van der Waals surface area contributed by atoms with Crippen LogP contribution in [0.3, 0.4) is 0 Å². The summed E-state index contributed by atoms with van der Waals surface area (Å²) in [6.45, 7) is 2.80. The fourth-order valence-corrected chi connectivity index (χ4v) is 3.38. The molecule has 0 radical (unpaired) electrons. The molecule has 86 valence electrons. The number of hydrogen-bond donors (Lipinski definition) is 0. The highest BCUT2D eigenvalue weighted by molar-refractivity contribution is 7.19. The SMILES string of the molecule is Cc1nccn1Cc1sc2ccccc2c1Cl. The highest BCUT2D eigenvalue weighted by atomic mass is 35.5. The van der Waals surface area contributed by atoms with E-state index in [2.05, 4.69) is 21.7 Å². The molecule has 2 aromatic heterocycles. The molecule has 0 amide bonds. The van der Waals surface area contributed by atoms with E-state index in [9.17, 15) is 0 Å². The monoisotopic (exact) mass is 262 g/mol. The third-order valence-corrected chi connectivity index (χ3v) is 4.54. The van der Waals surface area contributed by atoms with E-state index in [0.717, 1.165) is 22.8 Å². The second kappa shape index (κ2) is 4.17. The minimum Gasteiger partial charge on any atom is -0.330 e. The molecule has 0 atom stereocenters. The van der Waals surface area contributed by atoms with E-state index in [1.54, 1.807) is 11.3 Å². The summed E-state index contributed by atoms with van der Waals surface area (Å²) in [5.74, 6) is 1.01.